The molecule has 1 aromatic carbocycles. The molecule has 1 aromatic heterocycles. The summed E-state index contributed by atoms with van der Waals surface area (Å²) < 4.78 is 0. The monoisotopic (exact) mass is 255 g/mol. The van der Waals surface area contributed by atoms with Gasteiger partial charge in [0.25, 0.3) is 5.91 Å². The molecule has 0 aliphatic heterocycles. The standard InChI is InChI=1S/C15H17N3O/c1-9-6-12(8-17-7-9)15(19)18-14-11(3)10(2)4-5-13(14)16/h4-8H,16H2,1-3H3,(H,18,19). The number of carbonyl (C=O) groups excluding carboxylic acids is 1. The number of anilines is 2. The van der Waals surface area contributed by atoms with Crippen LogP contribution in [-0.4, -0.2) is 10.9 Å². The van der Waals surface area contributed by atoms with Gasteiger partial charge in [0.1, 0.15) is 0 Å². The number of carbonyl (C=O) groups is 1. The van der Waals surface area contributed by atoms with Gasteiger partial charge in [0.2, 0.25) is 0 Å². The second-order valence-corrected chi connectivity index (χ2v) is 4.68. The first-order valence-electron chi connectivity index (χ1n) is 6.07. The lowest BCUT2D eigenvalue weighted by atomic mass is 10.1. The molecule has 0 radical (unpaired) electrons. The molecule has 0 fully saturated rings. The third-order valence-electron chi connectivity index (χ3n) is 3.14. The quantitative estimate of drug-likeness (QED) is 0.811. The highest BCUT2D eigenvalue weighted by Gasteiger charge is 2.11. The van der Waals surface area contributed by atoms with E-state index in [1.807, 2.05) is 26.8 Å². The largest absolute Gasteiger partial charge is 0.397 e. The second kappa shape index (κ2) is 5.10. The minimum Gasteiger partial charge on any atom is -0.397 e. The van der Waals surface area contributed by atoms with Crippen LogP contribution in [0.4, 0.5) is 11.4 Å². The van der Waals surface area contributed by atoms with Crippen molar-refractivity contribution in [2.24, 2.45) is 0 Å². The summed E-state index contributed by atoms with van der Waals surface area (Å²) in [7, 11) is 0. The number of aromatic nitrogens is 1. The Morgan fingerprint density at radius 2 is 1.95 bits per heavy atom. The highest BCUT2D eigenvalue weighted by molar-refractivity contribution is 6.06. The Labute approximate surface area is 112 Å². The molecule has 3 N–H and O–H groups in total. The van der Waals surface area contributed by atoms with Gasteiger partial charge >= 0.3 is 0 Å². The molecular weight excluding hydrogens is 238 g/mol. The van der Waals surface area contributed by atoms with Crippen molar-refractivity contribution in [3.8, 4) is 0 Å². The van der Waals surface area contributed by atoms with Gasteiger partial charge in [-0.2, -0.15) is 0 Å². The van der Waals surface area contributed by atoms with E-state index in [9.17, 15) is 4.79 Å². The van der Waals surface area contributed by atoms with E-state index < -0.39 is 0 Å². The minimum absolute atomic E-state index is 0.198. The number of nitrogens with zero attached hydrogens (tertiary/aromatic N) is 1. The summed E-state index contributed by atoms with van der Waals surface area (Å²) in [5, 5.41) is 2.86. The van der Waals surface area contributed by atoms with Crippen molar-refractivity contribution in [2.75, 3.05) is 11.1 Å². The maximum atomic E-state index is 12.2. The SMILES string of the molecule is Cc1cncc(C(=O)Nc2c(N)ccc(C)c2C)c1. The molecular formula is C15H17N3O. The van der Waals surface area contributed by atoms with Crippen molar-refractivity contribution >= 4 is 17.3 Å². The Kier molecular flexibility index (Phi) is 3.51. The Morgan fingerprint density at radius 1 is 1.21 bits per heavy atom. The predicted molar refractivity (Wildman–Crippen MR) is 77.3 cm³/mol. The number of nitrogen functional groups attached to an aromatic ring is 1. The van der Waals surface area contributed by atoms with Crippen LogP contribution in [0.2, 0.25) is 0 Å². The van der Waals surface area contributed by atoms with Crippen LogP contribution in [0.1, 0.15) is 27.0 Å². The van der Waals surface area contributed by atoms with Crippen molar-refractivity contribution in [3.63, 3.8) is 0 Å². The minimum atomic E-state index is -0.198. The van der Waals surface area contributed by atoms with Crippen LogP contribution in [0.25, 0.3) is 0 Å². The van der Waals surface area contributed by atoms with E-state index in [0.717, 1.165) is 16.7 Å². The van der Waals surface area contributed by atoms with Crippen LogP contribution < -0.4 is 11.1 Å². The fourth-order valence-corrected chi connectivity index (χ4v) is 1.87. The van der Waals surface area contributed by atoms with Gasteiger partial charge in [-0.3, -0.25) is 9.78 Å². The molecule has 4 nitrogen and oxygen atoms in total. The van der Waals surface area contributed by atoms with Gasteiger partial charge < -0.3 is 11.1 Å². The fourth-order valence-electron chi connectivity index (χ4n) is 1.87. The van der Waals surface area contributed by atoms with Crippen molar-refractivity contribution in [1.82, 2.24) is 4.98 Å². The molecule has 0 atom stereocenters. The lowest BCUT2D eigenvalue weighted by Crippen LogP contribution is -2.15. The molecule has 19 heavy (non-hydrogen) atoms. The van der Waals surface area contributed by atoms with Crippen molar-refractivity contribution in [1.29, 1.82) is 0 Å². The molecule has 4 heteroatoms. The van der Waals surface area contributed by atoms with E-state index in [0.29, 0.717) is 16.9 Å². The number of nitrogens with one attached hydrogen (secondary N) is 1. The number of hydrogen-bond donors (Lipinski definition) is 2. The molecule has 98 valence electrons. The topological polar surface area (TPSA) is 68.0 Å². The molecule has 0 aliphatic rings. The summed E-state index contributed by atoms with van der Waals surface area (Å²) in [5.41, 5.74) is 10.7. The maximum Gasteiger partial charge on any atom is 0.257 e. The van der Waals surface area contributed by atoms with Crippen LogP contribution in [0.15, 0.2) is 30.6 Å². The summed E-state index contributed by atoms with van der Waals surface area (Å²) in [6, 6.07) is 5.53. The first-order chi connectivity index (χ1) is 8.99. The van der Waals surface area contributed by atoms with Gasteiger partial charge in [-0.05, 0) is 49.6 Å². The fraction of sp³-hybridized carbons (Fsp3) is 0.200. The van der Waals surface area contributed by atoms with Gasteiger partial charge in [-0.1, -0.05) is 6.07 Å². The van der Waals surface area contributed by atoms with Gasteiger partial charge in [-0.25, -0.2) is 0 Å². The zero-order valence-electron chi connectivity index (χ0n) is 11.3. The Balaban J connectivity index is 2.32. The molecule has 0 spiro atoms. The highest BCUT2D eigenvalue weighted by Crippen LogP contribution is 2.26. The number of rotatable bonds is 2. The number of aryl methyl sites for hydroxylation is 2. The van der Waals surface area contributed by atoms with Crippen molar-refractivity contribution in [2.45, 2.75) is 20.8 Å². The number of benzene rings is 1. The molecule has 2 aromatic rings. The second-order valence-electron chi connectivity index (χ2n) is 4.68. The van der Waals surface area contributed by atoms with Gasteiger partial charge in [-0.15, -0.1) is 0 Å². The summed E-state index contributed by atoms with van der Waals surface area (Å²) in [6.07, 6.45) is 3.26. The average molecular weight is 255 g/mol. The predicted octanol–water partition coefficient (Wildman–Crippen LogP) is 2.84. The van der Waals surface area contributed by atoms with Gasteiger partial charge in [0.15, 0.2) is 0 Å². The lowest BCUT2D eigenvalue weighted by Gasteiger charge is -2.13. The Morgan fingerprint density at radius 3 is 2.63 bits per heavy atom. The summed E-state index contributed by atoms with van der Waals surface area (Å²) in [5.74, 6) is -0.198. The van der Waals surface area contributed by atoms with Crippen LogP contribution >= 0.6 is 0 Å². The number of pyridine rings is 1. The van der Waals surface area contributed by atoms with Crippen LogP contribution in [0, 0.1) is 20.8 Å². The van der Waals surface area contributed by atoms with E-state index in [-0.39, 0.29) is 5.91 Å². The molecule has 2 rings (SSSR count). The molecule has 1 heterocycles. The van der Waals surface area contributed by atoms with Crippen LogP contribution in [-0.2, 0) is 0 Å². The smallest absolute Gasteiger partial charge is 0.257 e. The summed E-state index contributed by atoms with van der Waals surface area (Å²) in [6.45, 7) is 5.82. The first kappa shape index (κ1) is 13.1. The molecule has 0 bridgehead atoms. The summed E-state index contributed by atoms with van der Waals surface area (Å²) >= 11 is 0. The lowest BCUT2D eigenvalue weighted by molar-refractivity contribution is 0.102. The maximum absolute atomic E-state index is 12.2. The molecule has 0 aliphatic carbocycles. The van der Waals surface area contributed by atoms with E-state index in [2.05, 4.69) is 10.3 Å². The van der Waals surface area contributed by atoms with Gasteiger partial charge in [0.05, 0.1) is 16.9 Å². The van der Waals surface area contributed by atoms with Gasteiger partial charge in [0, 0.05) is 12.4 Å². The number of amides is 1. The summed E-state index contributed by atoms with van der Waals surface area (Å²) in [4.78, 5) is 16.2. The molecule has 0 saturated heterocycles. The van der Waals surface area contributed by atoms with Crippen LogP contribution in [0.3, 0.4) is 0 Å². The highest BCUT2D eigenvalue weighted by atomic mass is 16.1. The van der Waals surface area contributed by atoms with E-state index in [1.165, 1.54) is 0 Å². The van der Waals surface area contributed by atoms with Crippen molar-refractivity contribution < 1.29 is 4.79 Å². The van der Waals surface area contributed by atoms with E-state index in [4.69, 9.17) is 5.73 Å². The van der Waals surface area contributed by atoms with E-state index >= 15 is 0 Å². The molecule has 1 amide bonds. The third-order valence-corrected chi connectivity index (χ3v) is 3.14. The number of nitrogens with two attached hydrogens (primary N) is 1. The molecule has 0 saturated carbocycles. The number of hydrogen-bond acceptors (Lipinski definition) is 3. The Bertz CT molecular complexity index is 635. The van der Waals surface area contributed by atoms with E-state index in [1.54, 1.807) is 24.5 Å². The normalized spacial score (nSPS) is 10.3. The molecule has 0 unspecified atom stereocenters. The van der Waals surface area contributed by atoms with Crippen molar-refractivity contribution in [3.05, 3.63) is 52.8 Å². The zero-order chi connectivity index (χ0) is 14.0. The van der Waals surface area contributed by atoms with Crippen LogP contribution in [0.5, 0.6) is 0 Å². The first-order valence-corrected chi connectivity index (χ1v) is 6.07. The average Bonchev–Trinajstić information content (AvgIpc) is 2.39. The zero-order valence-corrected chi connectivity index (χ0v) is 11.3. The Hall–Kier alpha value is -2.36. The third kappa shape index (κ3) is 2.73.